The van der Waals surface area contributed by atoms with Gasteiger partial charge < -0.3 is 4.90 Å². The Kier molecular flexibility index (Phi) is 7.09. The normalized spacial score (nSPS) is 14.0. The Bertz CT molecular complexity index is 880. The third-order valence-corrected chi connectivity index (χ3v) is 5.24. The largest absolute Gasteiger partial charge is 0.339 e. The zero-order valence-electron chi connectivity index (χ0n) is 18.2. The van der Waals surface area contributed by atoms with Crippen LogP contribution in [0.2, 0.25) is 0 Å². The molecule has 0 N–H and O–H groups in total. The predicted molar refractivity (Wildman–Crippen MR) is 123 cm³/mol. The number of allylic oxidation sites excluding steroid dienone is 2. The molecule has 0 bridgehead atoms. The van der Waals surface area contributed by atoms with E-state index in [4.69, 9.17) is 0 Å². The summed E-state index contributed by atoms with van der Waals surface area (Å²) in [6, 6.07) is 19.2. The summed E-state index contributed by atoms with van der Waals surface area (Å²) in [7, 11) is 0. The van der Waals surface area contributed by atoms with E-state index >= 15 is 0 Å². The van der Waals surface area contributed by atoms with Crippen molar-refractivity contribution in [2.24, 2.45) is 11.8 Å². The fourth-order valence-corrected chi connectivity index (χ4v) is 4.08. The third kappa shape index (κ3) is 5.47. The smallest absolute Gasteiger partial charge is 0.246 e. The molecule has 2 nitrogen and oxygen atoms in total. The highest BCUT2D eigenvalue weighted by molar-refractivity contribution is 5.91. The van der Waals surface area contributed by atoms with Gasteiger partial charge >= 0.3 is 0 Å². The van der Waals surface area contributed by atoms with Crippen LogP contribution < -0.4 is 0 Å². The highest BCUT2D eigenvalue weighted by Gasteiger charge is 2.19. The molecular formula is C27H33NO. The zero-order chi connectivity index (χ0) is 20.8. The van der Waals surface area contributed by atoms with E-state index in [1.165, 1.54) is 27.8 Å². The number of hydrogen-bond acceptors (Lipinski definition) is 1. The first-order chi connectivity index (χ1) is 14.0. The number of rotatable bonds is 7. The molecule has 0 radical (unpaired) electrons. The number of nitrogens with zero attached hydrogens (tertiary/aromatic N) is 1. The number of fused-ring (bicyclic) bond motifs is 1. The summed E-state index contributed by atoms with van der Waals surface area (Å²) < 4.78 is 0. The molecule has 3 rings (SSSR count). The molecule has 0 unspecified atom stereocenters. The van der Waals surface area contributed by atoms with Crippen LogP contribution in [0.1, 0.15) is 50.8 Å². The minimum absolute atomic E-state index is 0.117. The van der Waals surface area contributed by atoms with Gasteiger partial charge in [-0.1, -0.05) is 88.4 Å². The maximum absolute atomic E-state index is 13.0. The van der Waals surface area contributed by atoms with Gasteiger partial charge in [0.25, 0.3) is 0 Å². The van der Waals surface area contributed by atoms with Crippen LogP contribution in [0.5, 0.6) is 0 Å². The Balaban J connectivity index is 1.96. The molecule has 29 heavy (non-hydrogen) atoms. The highest BCUT2D eigenvalue weighted by Crippen LogP contribution is 2.36. The monoisotopic (exact) mass is 387 g/mol. The van der Waals surface area contributed by atoms with Crippen LogP contribution in [0.4, 0.5) is 0 Å². The molecule has 2 aromatic carbocycles. The number of carbonyl (C=O) groups excluding carboxylic acids is 1. The molecule has 2 aromatic rings. The molecular weight excluding hydrogens is 354 g/mol. The molecule has 2 heteroatoms. The van der Waals surface area contributed by atoms with Gasteiger partial charge in [-0.15, -0.1) is 0 Å². The van der Waals surface area contributed by atoms with Gasteiger partial charge in [0, 0.05) is 19.2 Å². The standard InChI is InChI=1S/C27H33NO/c1-20(2)18-28(19-21(3)4)26(29)17-16-24-15-14-22-10-8-9-13-25(22)27(24)23-11-6-5-7-12-23/h5-13,16-17,20-21H,14-15,18-19H2,1-4H3/b17-16+. The van der Waals surface area contributed by atoms with E-state index < -0.39 is 0 Å². The molecule has 0 aromatic heterocycles. The summed E-state index contributed by atoms with van der Waals surface area (Å²) in [5.74, 6) is 1.05. The van der Waals surface area contributed by atoms with Crippen LogP contribution in [0.15, 0.2) is 72.3 Å². The van der Waals surface area contributed by atoms with Crippen molar-refractivity contribution < 1.29 is 4.79 Å². The molecule has 0 saturated heterocycles. The van der Waals surface area contributed by atoms with Crippen molar-refractivity contribution in [3.05, 3.63) is 89.0 Å². The molecule has 152 valence electrons. The highest BCUT2D eigenvalue weighted by atomic mass is 16.2. The SMILES string of the molecule is CC(C)CN(CC(C)C)C(=O)/C=C/C1=C(c2ccccc2)c2ccccc2CC1. The van der Waals surface area contributed by atoms with Crippen LogP contribution in [0, 0.1) is 11.8 Å². The van der Waals surface area contributed by atoms with Crippen molar-refractivity contribution in [1.82, 2.24) is 4.90 Å². The van der Waals surface area contributed by atoms with E-state index in [1.54, 1.807) is 6.08 Å². The van der Waals surface area contributed by atoms with E-state index in [2.05, 4.69) is 82.3 Å². The Morgan fingerprint density at radius 2 is 1.52 bits per heavy atom. The van der Waals surface area contributed by atoms with Crippen molar-refractivity contribution in [1.29, 1.82) is 0 Å². The van der Waals surface area contributed by atoms with Gasteiger partial charge in [-0.2, -0.15) is 0 Å². The lowest BCUT2D eigenvalue weighted by Crippen LogP contribution is -2.35. The summed E-state index contributed by atoms with van der Waals surface area (Å²) in [5, 5.41) is 0. The van der Waals surface area contributed by atoms with E-state index in [1.807, 2.05) is 11.0 Å². The topological polar surface area (TPSA) is 20.3 Å². The Labute approximate surface area is 175 Å². The van der Waals surface area contributed by atoms with Crippen LogP contribution in [0.3, 0.4) is 0 Å². The van der Waals surface area contributed by atoms with Crippen molar-refractivity contribution in [2.75, 3.05) is 13.1 Å². The molecule has 0 spiro atoms. The fraction of sp³-hybridized carbons (Fsp3) is 0.370. The molecule has 0 aliphatic heterocycles. The first-order valence-corrected chi connectivity index (χ1v) is 10.8. The number of carbonyl (C=O) groups is 1. The minimum Gasteiger partial charge on any atom is -0.339 e. The molecule has 0 atom stereocenters. The Morgan fingerprint density at radius 1 is 0.897 bits per heavy atom. The molecule has 0 saturated carbocycles. The summed E-state index contributed by atoms with van der Waals surface area (Å²) in [5.41, 5.74) is 6.40. The summed E-state index contributed by atoms with van der Waals surface area (Å²) in [6.07, 6.45) is 5.83. The van der Waals surface area contributed by atoms with Gasteiger partial charge in [-0.05, 0) is 52.5 Å². The van der Waals surface area contributed by atoms with E-state index in [-0.39, 0.29) is 5.91 Å². The first kappa shape index (κ1) is 21.1. The Hall–Kier alpha value is -2.61. The summed E-state index contributed by atoms with van der Waals surface area (Å²) in [4.78, 5) is 15.0. The number of amides is 1. The van der Waals surface area contributed by atoms with Crippen LogP contribution in [0.25, 0.3) is 5.57 Å². The van der Waals surface area contributed by atoms with Crippen molar-refractivity contribution >= 4 is 11.5 Å². The molecule has 1 aliphatic rings. The first-order valence-electron chi connectivity index (χ1n) is 10.8. The molecule has 0 fully saturated rings. The molecule has 1 amide bonds. The second-order valence-corrected chi connectivity index (χ2v) is 8.79. The number of aryl methyl sites for hydroxylation is 1. The number of hydrogen-bond donors (Lipinski definition) is 0. The zero-order valence-corrected chi connectivity index (χ0v) is 18.2. The van der Waals surface area contributed by atoms with E-state index in [0.717, 1.165) is 25.9 Å². The maximum atomic E-state index is 13.0. The predicted octanol–water partition coefficient (Wildman–Crippen LogP) is 6.13. The quantitative estimate of drug-likeness (QED) is 0.523. The van der Waals surface area contributed by atoms with Gasteiger partial charge in [-0.25, -0.2) is 0 Å². The molecule has 1 aliphatic carbocycles. The summed E-state index contributed by atoms with van der Waals surface area (Å²) in [6.45, 7) is 10.3. The van der Waals surface area contributed by atoms with Gasteiger partial charge in [0.15, 0.2) is 0 Å². The van der Waals surface area contributed by atoms with Gasteiger partial charge in [-0.3, -0.25) is 4.79 Å². The van der Waals surface area contributed by atoms with Crippen molar-refractivity contribution in [2.45, 2.75) is 40.5 Å². The van der Waals surface area contributed by atoms with Gasteiger partial charge in [0.05, 0.1) is 0 Å². The van der Waals surface area contributed by atoms with E-state index in [9.17, 15) is 4.79 Å². The fourth-order valence-electron chi connectivity index (χ4n) is 4.08. The minimum atomic E-state index is 0.117. The van der Waals surface area contributed by atoms with Crippen LogP contribution in [-0.4, -0.2) is 23.9 Å². The second-order valence-electron chi connectivity index (χ2n) is 8.79. The van der Waals surface area contributed by atoms with Crippen LogP contribution >= 0.6 is 0 Å². The van der Waals surface area contributed by atoms with E-state index in [0.29, 0.717) is 11.8 Å². The lowest BCUT2D eigenvalue weighted by molar-refractivity contribution is -0.127. The second kappa shape index (κ2) is 9.73. The van der Waals surface area contributed by atoms with Gasteiger partial charge in [0.1, 0.15) is 0 Å². The Morgan fingerprint density at radius 3 is 2.17 bits per heavy atom. The third-order valence-electron chi connectivity index (χ3n) is 5.24. The maximum Gasteiger partial charge on any atom is 0.246 e. The van der Waals surface area contributed by atoms with Gasteiger partial charge in [0.2, 0.25) is 5.91 Å². The van der Waals surface area contributed by atoms with Crippen LogP contribution in [-0.2, 0) is 11.2 Å². The lowest BCUT2D eigenvalue weighted by Gasteiger charge is -2.26. The average molecular weight is 388 g/mol. The molecule has 0 heterocycles. The van der Waals surface area contributed by atoms with Crippen molar-refractivity contribution in [3.63, 3.8) is 0 Å². The average Bonchev–Trinajstić information content (AvgIpc) is 2.71. The summed E-state index contributed by atoms with van der Waals surface area (Å²) >= 11 is 0. The lowest BCUT2D eigenvalue weighted by atomic mass is 9.82. The van der Waals surface area contributed by atoms with Crippen molar-refractivity contribution in [3.8, 4) is 0 Å². The number of benzene rings is 2.